The number of nitrogens with one attached hydrogen (secondary N) is 3. The second-order valence-electron chi connectivity index (χ2n) is 6.96. The molecule has 2 fully saturated rings. The normalized spacial score (nSPS) is 17.4. The van der Waals surface area contributed by atoms with Gasteiger partial charge < -0.3 is 16.0 Å². The van der Waals surface area contributed by atoms with Crippen molar-refractivity contribution in [3.8, 4) is 0 Å². The van der Waals surface area contributed by atoms with Crippen molar-refractivity contribution in [2.45, 2.75) is 51.1 Å². The summed E-state index contributed by atoms with van der Waals surface area (Å²) in [5, 5.41) is 9.30. The second kappa shape index (κ2) is 9.78. The molecular weight excluding hydrogens is 338 g/mol. The predicted molar refractivity (Wildman–Crippen MR) is 101 cm³/mol. The highest BCUT2D eigenvalue weighted by Crippen LogP contribution is 2.19. The number of carbonyl (C=O) groups excluding carboxylic acids is 2. The van der Waals surface area contributed by atoms with Crippen molar-refractivity contribution in [2.75, 3.05) is 13.1 Å². The Morgan fingerprint density at radius 3 is 2.60 bits per heavy atom. The highest BCUT2D eigenvalue weighted by molar-refractivity contribution is 5.94. The van der Waals surface area contributed by atoms with Crippen LogP contribution in [0.25, 0.3) is 0 Å². The molecule has 0 spiro atoms. The predicted octanol–water partition coefficient (Wildman–Crippen LogP) is 2.40. The number of piperidine rings is 1. The fourth-order valence-corrected chi connectivity index (χ4v) is 3.11. The first-order chi connectivity index (χ1) is 11.7. The number of halogens is 1. The van der Waals surface area contributed by atoms with Gasteiger partial charge in [0.25, 0.3) is 5.91 Å². The maximum atomic E-state index is 12.1. The third-order valence-corrected chi connectivity index (χ3v) is 4.83. The molecule has 1 heterocycles. The largest absolute Gasteiger partial charge is 0.352 e. The summed E-state index contributed by atoms with van der Waals surface area (Å²) >= 11 is 0. The Morgan fingerprint density at radius 1 is 1.12 bits per heavy atom. The first kappa shape index (κ1) is 19.7. The minimum atomic E-state index is -0.0171. The Kier molecular flexibility index (Phi) is 7.72. The van der Waals surface area contributed by atoms with E-state index in [-0.39, 0.29) is 24.2 Å². The monoisotopic (exact) mass is 365 g/mol. The lowest BCUT2D eigenvalue weighted by atomic mass is 9.93. The van der Waals surface area contributed by atoms with Crippen LogP contribution in [-0.4, -0.2) is 30.9 Å². The van der Waals surface area contributed by atoms with Crippen LogP contribution in [0.5, 0.6) is 0 Å². The lowest BCUT2D eigenvalue weighted by Gasteiger charge is -2.22. The Hall–Kier alpha value is -1.59. The highest BCUT2D eigenvalue weighted by Gasteiger charge is 2.23. The third-order valence-electron chi connectivity index (χ3n) is 4.83. The van der Waals surface area contributed by atoms with Gasteiger partial charge in [-0.1, -0.05) is 12.1 Å². The molecule has 0 unspecified atom stereocenters. The zero-order valence-corrected chi connectivity index (χ0v) is 15.4. The molecule has 6 heteroatoms. The summed E-state index contributed by atoms with van der Waals surface area (Å²) in [5.41, 5.74) is 1.64. The fraction of sp³-hybridized carbons (Fsp3) is 0.579. The number of benzene rings is 1. The lowest BCUT2D eigenvalue weighted by molar-refractivity contribution is -0.121. The summed E-state index contributed by atoms with van der Waals surface area (Å²) in [6.45, 7) is 2.62. The zero-order valence-electron chi connectivity index (χ0n) is 14.6. The Morgan fingerprint density at radius 2 is 1.88 bits per heavy atom. The molecule has 1 aromatic rings. The van der Waals surface area contributed by atoms with E-state index in [0.717, 1.165) is 37.9 Å². The summed E-state index contributed by atoms with van der Waals surface area (Å²) in [6.07, 6.45) is 6.07. The van der Waals surface area contributed by atoms with E-state index in [9.17, 15) is 9.59 Å². The second-order valence-corrected chi connectivity index (χ2v) is 6.96. The molecule has 0 radical (unpaired) electrons. The molecule has 0 bridgehead atoms. The van der Waals surface area contributed by atoms with Crippen LogP contribution in [0, 0.1) is 5.92 Å². The minimum Gasteiger partial charge on any atom is -0.352 e. The van der Waals surface area contributed by atoms with Crippen molar-refractivity contribution in [3.63, 3.8) is 0 Å². The smallest absolute Gasteiger partial charge is 0.251 e. The van der Waals surface area contributed by atoms with E-state index >= 15 is 0 Å². The highest BCUT2D eigenvalue weighted by atomic mass is 35.5. The van der Waals surface area contributed by atoms with E-state index < -0.39 is 0 Å². The molecule has 1 saturated carbocycles. The molecule has 2 aliphatic rings. The lowest BCUT2D eigenvalue weighted by Crippen LogP contribution is -2.29. The summed E-state index contributed by atoms with van der Waals surface area (Å²) in [4.78, 5) is 24.1. The minimum absolute atomic E-state index is 0. The van der Waals surface area contributed by atoms with Gasteiger partial charge in [0.05, 0.1) is 0 Å². The van der Waals surface area contributed by atoms with Gasteiger partial charge >= 0.3 is 0 Å². The quantitative estimate of drug-likeness (QED) is 0.694. The standard InChI is InChI=1S/C19H27N3O2.ClH/c23-18(7-4-14-8-10-20-11-9-14)21-13-15-2-1-3-16(12-15)19(24)22-17-5-6-17;/h1-3,12,14,17,20H,4-11,13H2,(H,21,23)(H,22,24);1H. The summed E-state index contributed by atoms with van der Waals surface area (Å²) in [5.74, 6) is 0.754. The summed E-state index contributed by atoms with van der Waals surface area (Å²) in [7, 11) is 0. The number of amides is 2. The maximum Gasteiger partial charge on any atom is 0.251 e. The van der Waals surface area contributed by atoms with E-state index in [2.05, 4.69) is 16.0 Å². The van der Waals surface area contributed by atoms with Crippen LogP contribution in [0.2, 0.25) is 0 Å². The molecule has 3 N–H and O–H groups in total. The Balaban J connectivity index is 0.00000225. The SMILES string of the molecule is Cl.O=C(CCC1CCNCC1)NCc1cccc(C(=O)NC2CC2)c1. The summed E-state index contributed by atoms with van der Waals surface area (Å²) in [6, 6.07) is 7.86. The molecule has 1 aromatic carbocycles. The molecular formula is C19H28ClN3O2. The third kappa shape index (κ3) is 6.67. The number of hydrogen-bond donors (Lipinski definition) is 3. The molecule has 1 aliphatic carbocycles. The van der Waals surface area contributed by atoms with Crippen LogP contribution >= 0.6 is 12.4 Å². The zero-order chi connectivity index (χ0) is 16.8. The van der Waals surface area contributed by atoms with E-state index in [4.69, 9.17) is 0 Å². The fourth-order valence-electron chi connectivity index (χ4n) is 3.11. The van der Waals surface area contributed by atoms with Crippen LogP contribution in [0.3, 0.4) is 0 Å². The van der Waals surface area contributed by atoms with Crippen LogP contribution in [0.4, 0.5) is 0 Å². The van der Waals surface area contributed by atoms with Gasteiger partial charge in [-0.05, 0) is 68.8 Å². The van der Waals surface area contributed by atoms with Crippen molar-refractivity contribution >= 4 is 24.2 Å². The topological polar surface area (TPSA) is 70.2 Å². The van der Waals surface area contributed by atoms with Crippen molar-refractivity contribution in [3.05, 3.63) is 35.4 Å². The van der Waals surface area contributed by atoms with Crippen molar-refractivity contribution in [1.29, 1.82) is 0 Å². The molecule has 0 atom stereocenters. The van der Waals surface area contributed by atoms with E-state index in [1.165, 1.54) is 12.8 Å². The van der Waals surface area contributed by atoms with Gasteiger partial charge in [-0.15, -0.1) is 12.4 Å². The first-order valence-electron chi connectivity index (χ1n) is 9.08. The maximum absolute atomic E-state index is 12.1. The van der Waals surface area contributed by atoms with Gasteiger partial charge in [0.1, 0.15) is 0 Å². The van der Waals surface area contributed by atoms with E-state index in [0.29, 0.717) is 30.5 Å². The van der Waals surface area contributed by atoms with Crippen molar-refractivity contribution < 1.29 is 9.59 Å². The van der Waals surface area contributed by atoms with Crippen LogP contribution in [0.15, 0.2) is 24.3 Å². The van der Waals surface area contributed by atoms with Crippen LogP contribution < -0.4 is 16.0 Å². The van der Waals surface area contributed by atoms with Gasteiger partial charge in [0, 0.05) is 24.6 Å². The first-order valence-corrected chi connectivity index (χ1v) is 9.08. The van der Waals surface area contributed by atoms with Crippen LogP contribution in [-0.2, 0) is 11.3 Å². The van der Waals surface area contributed by atoms with Gasteiger partial charge in [0.2, 0.25) is 5.91 Å². The average Bonchev–Trinajstić information content (AvgIpc) is 3.43. The summed E-state index contributed by atoms with van der Waals surface area (Å²) < 4.78 is 0. The van der Waals surface area contributed by atoms with Gasteiger partial charge in [-0.2, -0.15) is 0 Å². The van der Waals surface area contributed by atoms with Gasteiger partial charge in [0.15, 0.2) is 0 Å². The molecule has 1 aliphatic heterocycles. The molecule has 0 aromatic heterocycles. The van der Waals surface area contributed by atoms with E-state index in [1.54, 1.807) is 0 Å². The molecule has 138 valence electrons. The van der Waals surface area contributed by atoms with Gasteiger partial charge in [-0.25, -0.2) is 0 Å². The van der Waals surface area contributed by atoms with Crippen molar-refractivity contribution in [2.24, 2.45) is 5.92 Å². The Labute approximate surface area is 155 Å². The van der Waals surface area contributed by atoms with Crippen LogP contribution in [0.1, 0.15) is 54.4 Å². The number of hydrogen-bond acceptors (Lipinski definition) is 3. The number of carbonyl (C=O) groups is 2. The van der Waals surface area contributed by atoms with Gasteiger partial charge in [-0.3, -0.25) is 9.59 Å². The molecule has 2 amide bonds. The molecule has 1 saturated heterocycles. The molecule has 5 nitrogen and oxygen atoms in total. The average molecular weight is 366 g/mol. The molecule has 25 heavy (non-hydrogen) atoms. The molecule has 3 rings (SSSR count). The Bertz CT molecular complexity index is 584. The number of rotatable bonds is 7. The van der Waals surface area contributed by atoms with E-state index in [1.807, 2.05) is 24.3 Å². The van der Waals surface area contributed by atoms with Crippen molar-refractivity contribution in [1.82, 2.24) is 16.0 Å².